The lowest BCUT2D eigenvalue weighted by atomic mass is 10.0. The SMILES string of the molecule is Cc1cc(Cl)nc(S(=O)(=O)C[C@H]2CCCN(C(=O)OC(C)(C)C)C2)n1. The van der Waals surface area contributed by atoms with Crippen molar-refractivity contribution in [3.63, 3.8) is 0 Å². The van der Waals surface area contributed by atoms with Gasteiger partial charge in [-0.2, -0.15) is 0 Å². The van der Waals surface area contributed by atoms with Gasteiger partial charge in [-0.25, -0.2) is 23.2 Å². The van der Waals surface area contributed by atoms with Crippen LogP contribution in [-0.4, -0.2) is 53.8 Å². The lowest BCUT2D eigenvalue weighted by molar-refractivity contribution is 0.0176. The fourth-order valence-electron chi connectivity index (χ4n) is 2.72. The van der Waals surface area contributed by atoms with Crippen LogP contribution in [0.25, 0.3) is 0 Å². The van der Waals surface area contributed by atoms with Gasteiger partial charge in [-0.3, -0.25) is 0 Å². The van der Waals surface area contributed by atoms with E-state index in [0.29, 0.717) is 18.8 Å². The van der Waals surface area contributed by atoms with Crippen LogP contribution in [0, 0.1) is 12.8 Å². The van der Waals surface area contributed by atoms with E-state index in [2.05, 4.69) is 9.97 Å². The highest BCUT2D eigenvalue weighted by atomic mass is 35.5. The molecule has 2 rings (SSSR count). The quantitative estimate of drug-likeness (QED) is 0.583. The molecule has 1 amide bonds. The summed E-state index contributed by atoms with van der Waals surface area (Å²) in [7, 11) is -3.67. The van der Waals surface area contributed by atoms with Gasteiger partial charge in [0, 0.05) is 18.8 Å². The molecule has 0 aliphatic carbocycles. The predicted molar refractivity (Wildman–Crippen MR) is 94.4 cm³/mol. The van der Waals surface area contributed by atoms with Crippen molar-refractivity contribution in [1.29, 1.82) is 0 Å². The molecule has 1 aliphatic rings. The molecule has 1 aromatic rings. The average molecular weight is 390 g/mol. The van der Waals surface area contributed by atoms with E-state index < -0.39 is 21.5 Å². The Morgan fingerprint density at radius 2 is 2.08 bits per heavy atom. The topological polar surface area (TPSA) is 89.5 Å². The lowest BCUT2D eigenvalue weighted by Crippen LogP contribution is -2.44. The number of hydrogen-bond donors (Lipinski definition) is 0. The number of amides is 1. The zero-order valence-corrected chi connectivity index (χ0v) is 16.5. The van der Waals surface area contributed by atoms with Gasteiger partial charge < -0.3 is 9.64 Å². The maximum absolute atomic E-state index is 12.6. The van der Waals surface area contributed by atoms with Crippen molar-refractivity contribution in [1.82, 2.24) is 14.9 Å². The first-order chi connectivity index (χ1) is 11.5. The number of aryl methyl sites for hydroxylation is 1. The van der Waals surface area contributed by atoms with E-state index in [4.69, 9.17) is 16.3 Å². The van der Waals surface area contributed by atoms with Crippen molar-refractivity contribution in [2.45, 2.75) is 51.3 Å². The summed E-state index contributed by atoms with van der Waals surface area (Å²) in [4.78, 5) is 21.6. The molecule has 0 aromatic carbocycles. The van der Waals surface area contributed by atoms with Gasteiger partial charge in [0.15, 0.2) is 0 Å². The molecule has 0 bridgehead atoms. The Morgan fingerprint density at radius 3 is 2.68 bits per heavy atom. The fourth-order valence-corrected chi connectivity index (χ4v) is 4.57. The van der Waals surface area contributed by atoms with Gasteiger partial charge >= 0.3 is 6.09 Å². The van der Waals surface area contributed by atoms with Crippen LogP contribution in [0.15, 0.2) is 11.2 Å². The Morgan fingerprint density at radius 1 is 1.40 bits per heavy atom. The summed E-state index contributed by atoms with van der Waals surface area (Å²) in [5.41, 5.74) is -0.0833. The van der Waals surface area contributed by atoms with Crippen LogP contribution in [0.5, 0.6) is 0 Å². The maximum atomic E-state index is 12.6. The molecule has 1 aromatic heterocycles. The average Bonchev–Trinajstić information content (AvgIpc) is 2.44. The lowest BCUT2D eigenvalue weighted by Gasteiger charge is -2.33. The minimum absolute atomic E-state index is 0.102. The number of ether oxygens (including phenoxy) is 1. The fraction of sp³-hybridized carbons (Fsp3) is 0.688. The number of piperidine rings is 1. The first-order valence-corrected chi connectivity index (χ1v) is 10.2. The molecule has 1 saturated heterocycles. The van der Waals surface area contributed by atoms with Crippen LogP contribution in [-0.2, 0) is 14.6 Å². The van der Waals surface area contributed by atoms with E-state index in [1.165, 1.54) is 6.07 Å². The zero-order chi connectivity index (χ0) is 18.8. The van der Waals surface area contributed by atoms with Gasteiger partial charge in [-0.05, 0) is 52.5 Å². The van der Waals surface area contributed by atoms with Crippen molar-refractivity contribution in [3.8, 4) is 0 Å². The molecule has 0 unspecified atom stereocenters. The van der Waals surface area contributed by atoms with E-state index in [9.17, 15) is 13.2 Å². The van der Waals surface area contributed by atoms with Crippen molar-refractivity contribution < 1.29 is 17.9 Å². The number of likely N-dealkylation sites (tertiary alicyclic amines) is 1. The number of aromatic nitrogens is 2. The Labute approximate surface area is 153 Å². The van der Waals surface area contributed by atoms with E-state index in [0.717, 1.165) is 12.8 Å². The second-order valence-corrected chi connectivity index (χ2v) is 9.65. The highest BCUT2D eigenvalue weighted by Crippen LogP contribution is 2.23. The maximum Gasteiger partial charge on any atom is 0.410 e. The Bertz CT molecular complexity index is 726. The van der Waals surface area contributed by atoms with E-state index >= 15 is 0 Å². The van der Waals surface area contributed by atoms with Crippen LogP contribution in [0.1, 0.15) is 39.3 Å². The van der Waals surface area contributed by atoms with E-state index in [1.807, 2.05) is 0 Å². The molecule has 0 saturated carbocycles. The summed E-state index contributed by atoms with van der Waals surface area (Å²) in [5.74, 6) is -0.305. The first-order valence-electron chi connectivity index (χ1n) is 8.18. The summed E-state index contributed by atoms with van der Waals surface area (Å²) in [6.07, 6.45) is 1.04. The molecule has 9 heteroatoms. The molecule has 0 N–H and O–H groups in total. The van der Waals surface area contributed by atoms with Gasteiger partial charge in [-0.15, -0.1) is 0 Å². The molecular formula is C16H24ClN3O4S. The monoisotopic (exact) mass is 389 g/mol. The molecule has 7 nitrogen and oxygen atoms in total. The number of halogens is 1. The number of rotatable bonds is 3. The van der Waals surface area contributed by atoms with Gasteiger partial charge in [-0.1, -0.05) is 11.6 Å². The highest BCUT2D eigenvalue weighted by molar-refractivity contribution is 7.91. The van der Waals surface area contributed by atoms with Crippen LogP contribution >= 0.6 is 11.6 Å². The molecule has 1 atom stereocenters. The zero-order valence-electron chi connectivity index (χ0n) is 15.0. The second kappa shape index (κ2) is 7.45. The van der Waals surface area contributed by atoms with Gasteiger partial charge in [0.2, 0.25) is 15.0 Å². The molecule has 0 radical (unpaired) electrons. The van der Waals surface area contributed by atoms with Crippen LogP contribution < -0.4 is 0 Å². The largest absolute Gasteiger partial charge is 0.444 e. The Hall–Kier alpha value is -1.41. The van der Waals surface area contributed by atoms with Crippen LogP contribution in [0.2, 0.25) is 5.15 Å². The summed E-state index contributed by atoms with van der Waals surface area (Å²) < 4.78 is 30.6. The number of hydrogen-bond acceptors (Lipinski definition) is 6. The smallest absolute Gasteiger partial charge is 0.410 e. The van der Waals surface area contributed by atoms with E-state index in [1.54, 1.807) is 32.6 Å². The Balaban J connectivity index is 2.07. The van der Waals surface area contributed by atoms with Gasteiger partial charge in [0.25, 0.3) is 0 Å². The van der Waals surface area contributed by atoms with Crippen molar-refractivity contribution >= 4 is 27.5 Å². The first kappa shape index (κ1) is 19.9. The minimum Gasteiger partial charge on any atom is -0.444 e. The standard InChI is InChI=1S/C16H24ClN3O4S/c1-11-8-13(17)19-14(18-11)25(22,23)10-12-6-5-7-20(9-12)15(21)24-16(2,3)4/h8,12H,5-7,9-10H2,1-4H3/t12-/m0/s1. The molecule has 1 fully saturated rings. The molecule has 140 valence electrons. The third kappa shape index (κ3) is 5.81. The van der Waals surface area contributed by atoms with Crippen molar-refractivity contribution in [3.05, 3.63) is 16.9 Å². The molecular weight excluding hydrogens is 366 g/mol. The summed E-state index contributed by atoms with van der Waals surface area (Å²) in [6, 6.07) is 1.51. The Kier molecular flexibility index (Phi) is 5.93. The second-order valence-electron chi connectivity index (χ2n) is 7.33. The number of carbonyl (C=O) groups is 1. The predicted octanol–water partition coefficient (Wildman–Crippen LogP) is 2.86. The highest BCUT2D eigenvalue weighted by Gasteiger charge is 2.31. The summed E-state index contributed by atoms with van der Waals surface area (Å²) in [6.45, 7) is 7.98. The van der Waals surface area contributed by atoms with Crippen LogP contribution in [0.4, 0.5) is 4.79 Å². The third-order valence-corrected chi connectivity index (χ3v) is 5.55. The van der Waals surface area contributed by atoms with Crippen molar-refractivity contribution in [2.24, 2.45) is 5.92 Å². The van der Waals surface area contributed by atoms with Gasteiger partial charge in [0.1, 0.15) is 10.8 Å². The third-order valence-electron chi connectivity index (χ3n) is 3.71. The molecule has 25 heavy (non-hydrogen) atoms. The molecule has 2 heterocycles. The normalized spacial score (nSPS) is 18.9. The van der Waals surface area contributed by atoms with Crippen molar-refractivity contribution in [2.75, 3.05) is 18.8 Å². The minimum atomic E-state index is -3.67. The van der Waals surface area contributed by atoms with Gasteiger partial charge in [0.05, 0.1) is 5.75 Å². The number of nitrogens with zero attached hydrogens (tertiary/aromatic N) is 3. The number of sulfone groups is 1. The van der Waals surface area contributed by atoms with Crippen LogP contribution in [0.3, 0.4) is 0 Å². The number of carbonyl (C=O) groups excluding carboxylic acids is 1. The summed E-state index contributed by atoms with van der Waals surface area (Å²) in [5, 5.41) is -0.156. The molecule has 1 aliphatic heterocycles. The molecule has 0 spiro atoms. The van der Waals surface area contributed by atoms with E-state index in [-0.39, 0.29) is 22.0 Å². The summed E-state index contributed by atoms with van der Waals surface area (Å²) >= 11 is 5.84.